The zero-order chi connectivity index (χ0) is 11.7. The van der Waals surface area contributed by atoms with Crippen LogP contribution in [0.3, 0.4) is 0 Å². The van der Waals surface area contributed by atoms with E-state index in [9.17, 15) is 4.79 Å². The minimum Gasteiger partial charge on any atom is -0.303 e. The Morgan fingerprint density at radius 1 is 1.18 bits per heavy atom. The minimum atomic E-state index is 0.179. The Morgan fingerprint density at radius 3 is 2.82 bits per heavy atom. The molecule has 1 aliphatic rings. The van der Waals surface area contributed by atoms with E-state index in [1.165, 1.54) is 0 Å². The molecule has 0 aliphatic heterocycles. The van der Waals surface area contributed by atoms with Crippen LogP contribution in [0.15, 0.2) is 36.0 Å². The van der Waals surface area contributed by atoms with Crippen molar-refractivity contribution < 1.29 is 4.79 Å². The normalized spacial score (nSPS) is 15.1. The maximum atomic E-state index is 11.0. The van der Waals surface area contributed by atoms with Crippen molar-refractivity contribution in [2.75, 3.05) is 5.43 Å². The summed E-state index contributed by atoms with van der Waals surface area (Å²) in [5, 5.41) is 0.812. The first-order valence-corrected chi connectivity index (χ1v) is 6.24. The zero-order valence-corrected chi connectivity index (χ0v) is 9.88. The summed E-state index contributed by atoms with van der Waals surface area (Å²) < 4.78 is 1.15. The predicted molar refractivity (Wildman–Crippen MR) is 68.7 cm³/mol. The van der Waals surface area contributed by atoms with Crippen molar-refractivity contribution in [3.63, 3.8) is 0 Å². The average Bonchev–Trinajstić information content (AvgIpc) is 2.91. The van der Waals surface area contributed by atoms with Gasteiger partial charge in [0.25, 0.3) is 0 Å². The number of carbonyl (C=O) groups excluding carboxylic acids is 1. The third-order valence-electron chi connectivity index (χ3n) is 2.60. The summed E-state index contributed by atoms with van der Waals surface area (Å²) in [5.41, 5.74) is 7.97. The Hall–Kier alpha value is -1.88. The molecule has 1 heterocycles. The molecule has 0 unspecified atom stereocenters. The molecule has 0 saturated carbocycles. The van der Waals surface area contributed by atoms with Gasteiger partial charge in [0.1, 0.15) is 0 Å². The molecule has 0 amide bonds. The number of allylic oxidation sites excluding steroid dienone is 2. The van der Waals surface area contributed by atoms with Gasteiger partial charge in [-0.15, -0.1) is 0 Å². The van der Waals surface area contributed by atoms with Crippen LogP contribution < -0.4 is 10.9 Å². The van der Waals surface area contributed by atoms with E-state index in [4.69, 9.17) is 0 Å². The molecule has 1 aromatic carbocycles. The second-order valence-electron chi connectivity index (χ2n) is 3.87. The maximum Gasteiger partial charge on any atom is 0.202 e. The highest BCUT2D eigenvalue weighted by Crippen LogP contribution is 2.25. The Kier molecular flexibility index (Phi) is 2.53. The van der Waals surface area contributed by atoms with Crippen LogP contribution in [0.2, 0.25) is 0 Å². The molecule has 3 rings (SSSR count). The van der Waals surface area contributed by atoms with Gasteiger partial charge in [-0.1, -0.05) is 23.5 Å². The van der Waals surface area contributed by atoms with E-state index >= 15 is 0 Å². The lowest BCUT2D eigenvalue weighted by molar-refractivity contribution is -0.114. The fourth-order valence-corrected chi connectivity index (χ4v) is 2.57. The van der Waals surface area contributed by atoms with Crippen LogP contribution in [0.25, 0.3) is 10.2 Å². The lowest BCUT2D eigenvalue weighted by Gasteiger charge is -2.05. The van der Waals surface area contributed by atoms with E-state index < -0.39 is 0 Å². The number of aromatic nitrogens is 1. The van der Waals surface area contributed by atoms with Crippen LogP contribution in [-0.2, 0) is 4.79 Å². The first-order chi connectivity index (χ1) is 8.31. The number of para-hydroxylation sites is 1. The molecule has 0 bridgehead atoms. The molecule has 0 spiro atoms. The molecule has 86 valence electrons. The van der Waals surface area contributed by atoms with Gasteiger partial charge in [-0.3, -0.25) is 10.2 Å². The summed E-state index contributed by atoms with van der Waals surface area (Å²) in [6.45, 7) is 0. The number of hydrogen-bond acceptors (Lipinski definition) is 5. The monoisotopic (exact) mass is 245 g/mol. The van der Waals surface area contributed by atoms with Crippen molar-refractivity contribution in [2.45, 2.75) is 12.8 Å². The number of carbonyl (C=O) groups is 1. The molecule has 2 aromatic rings. The van der Waals surface area contributed by atoms with Gasteiger partial charge in [-0.25, -0.2) is 4.98 Å². The predicted octanol–water partition coefficient (Wildman–Crippen LogP) is 2.46. The quantitative estimate of drug-likeness (QED) is 0.816. The van der Waals surface area contributed by atoms with Crippen LogP contribution in [0, 0.1) is 0 Å². The molecule has 1 aromatic heterocycles. The molecule has 2 N–H and O–H groups in total. The SMILES string of the molecule is O=C1C=C(NNc2nc3ccccc3s2)CC1. The van der Waals surface area contributed by atoms with Crippen molar-refractivity contribution in [1.82, 2.24) is 10.4 Å². The molecule has 4 nitrogen and oxygen atoms in total. The molecular formula is C12H11N3OS. The number of hydrogen-bond donors (Lipinski definition) is 2. The van der Waals surface area contributed by atoms with E-state index in [1.54, 1.807) is 17.4 Å². The molecule has 0 saturated heterocycles. The minimum absolute atomic E-state index is 0.179. The maximum absolute atomic E-state index is 11.0. The Bertz CT molecular complexity index is 570. The molecule has 1 aliphatic carbocycles. The second-order valence-corrected chi connectivity index (χ2v) is 4.90. The van der Waals surface area contributed by atoms with Crippen LogP contribution in [0.5, 0.6) is 0 Å². The van der Waals surface area contributed by atoms with Gasteiger partial charge < -0.3 is 5.43 Å². The van der Waals surface area contributed by atoms with Gasteiger partial charge >= 0.3 is 0 Å². The van der Waals surface area contributed by atoms with Gasteiger partial charge in [0.15, 0.2) is 5.78 Å². The summed E-state index contributed by atoms with van der Waals surface area (Å²) in [4.78, 5) is 15.5. The highest BCUT2D eigenvalue weighted by Gasteiger charge is 2.11. The standard InChI is InChI=1S/C12H11N3OS/c16-9-6-5-8(7-9)14-15-12-13-10-3-1-2-4-11(10)17-12/h1-4,7,14H,5-6H2,(H,13,15). The highest BCUT2D eigenvalue weighted by atomic mass is 32.1. The lowest BCUT2D eigenvalue weighted by Crippen LogP contribution is -2.19. The fraction of sp³-hybridized carbons (Fsp3) is 0.167. The number of nitrogens with zero attached hydrogens (tertiary/aromatic N) is 1. The number of hydrazine groups is 1. The third kappa shape index (κ3) is 2.14. The molecule has 17 heavy (non-hydrogen) atoms. The summed E-state index contributed by atoms with van der Waals surface area (Å²) in [6, 6.07) is 7.99. The lowest BCUT2D eigenvalue weighted by atomic mass is 10.3. The first-order valence-electron chi connectivity index (χ1n) is 5.42. The zero-order valence-electron chi connectivity index (χ0n) is 9.06. The Balaban J connectivity index is 1.73. The van der Waals surface area contributed by atoms with E-state index in [1.807, 2.05) is 24.3 Å². The molecule has 5 heteroatoms. The van der Waals surface area contributed by atoms with Crippen molar-refractivity contribution >= 4 is 32.5 Å². The first kappa shape index (κ1) is 10.3. The van der Waals surface area contributed by atoms with Crippen LogP contribution >= 0.6 is 11.3 Å². The van der Waals surface area contributed by atoms with Gasteiger partial charge in [0, 0.05) is 18.2 Å². The van der Waals surface area contributed by atoms with Crippen LogP contribution in [0.1, 0.15) is 12.8 Å². The van der Waals surface area contributed by atoms with Crippen LogP contribution in [-0.4, -0.2) is 10.8 Å². The van der Waals surface area contributed by atoms with Crippen molar-refractivity contribution in [3.05, 3.63) is 36.0 Å². The summed E-state index contributed by atoms with van der Waals surface area (Å²) in [7, 11) is 0. The third-order valence-corrected chi connectivity index (χ3v) is 3.55. The summed E-state index contributed by atoms with van der Waals surface area (Å²) in [6.07, 6.45) is 3.01. The molecule has 0 atom stereocenters. The van der Waals surface area contributed by atoms with Gasteiger partial charge in [-0.2, -0.15) is 0 Å². The number of thiazole rings is 1. The average molecular weight is 245 g/mol. The summed E-state index contributed by atoms with van der Waals surface area (Å²) in [5.74, 6) is 0.179. The number of fused-ring (bicyclic) bond motifs is 1. The van der Waals surface area contributed by atoms with E-state index in [-0.39, 0.29) is 5.78 Å². The number of ketones is 1. The molecule has 0 fully saturated rings. The Morgan fingerprint density at radius 2 is 2.06 bits per heavy atom. The Labute approximate surface area is 102 Å². The number of benzene rings is 1. The summed E-state index contributed by atoms with van der Waals surface area (Å²) >= 11 is 1.58. The van der Waals surface area contributed by atoms with E-state index in [0.29, 0.717) is 6.42 Å². The van der Waals surface area contributed by atoms with E-state index in [0.717, 1.165) is 27.5 Å². The van der Waals surface area contributed by atoms with Gasteiger partial charge in [0.05, 0.1) is 10.2 Å². The smallest absolute Gasteiger partial charge is 0.202 e. The van der Waals surface area contributed by atoms with Crippen molar-refractivity contribution in [2.24, 2.45) is 0 Å². The van der Waals surface area contributed by atoms with E-state index in [2.05, 4.69) is 15.8 Å². The van der Waals surface area contributed by atoms with Gasteiger partial charge in [-0.05, 0) is 18.6 Å². The second kappa shape index (κ2) is 4.18. The van der Waals surface area contributed by atoms with Crippen molar-refractivity contribution in [1.29, 1.82) is 0 Å². The fourth-order valence-electron chi connectivity index (χ4n) is 1.75. The number of anilines is 1. The largest absolute Gasteiger partial charge is 0.303 e. The number of nitrogens with one attached hydrogen (secondary N) is 2. The van der Waals surface area contributed by atoms with Crippen molar-refractivity contribution in [3.8, 4) is 0 Å². The highest BCUT2D eigenvalue weighted by molar-refractivity contribution is 7.22. The molecule has 0 radical (unpaired) electrons. The van der Waals surface area contributed by atoms with Gasteiger partial charge in [0.2, 0.25) is 5.13 Å². The topological polar surface area (TPSA) is 54.0 Å². The number of rotatable bonds is 3. The molecular weight excluding hydrogens is 234 g/mol. The van der Waals surface area contributed by atoms with Crippen LogP contribution in [0.4, 0.5) is 5.13 Å².